The highest BCUT2D eigenvalue weighted by atomic mass is 32.2. The van der Waals surface area contributed by atoms with Crippen LogP contribution < -0.4 is 0 Å². The Morgan fingerprint density at radius 3 is 2.50 bits per heavy atom. The summed E-state index contributed by atoms with van der Waals surface area (Å²) in [6.07, 6.45) is 11.0. The number of rotatable bonds is 9. The summed E-state index contributed by atoms with van der Waals surface area (Å²) >= 11 is 1.60. The summed E-state index contributed by atoms with van der Waals surface area (Å²) in [5, 5.41) is 0. The number of carbonyl (C=O) groups excluding carboxylic acids is 1. The van der Waals surface area contributed by atoms with Gasteiger partial charge in [0.15, 0.2) is 0 Å². The number of hydrogen-bond donors (Lipinski definition) is 0. The minimum absolute atomic E-state index is 0.250. The quantitative estimate of drug-likeness (QED) is 0.360. The molecule has 0 N–H and O–H groups in total. The molecule has 0 aliphatic carbocycles. The molecule has 0 amide bonds. The third-order valence-corrected chi connectivity index (χ3v) is 4.27. The fraction of sp³-hybridized carbons (Fsp3) is 0.588. The van der Waals surface area contributed by atoms with Crippen LogP contribution in [0, 0.1) is 0 Å². The van der Waals surface area contributed by atoms with Gasteiger partial charge in [-0.05, 0) is 36.8 Å². The van der Waals surface area contributed by atoms with Crippen molar-refractivity contribution in [2.45, 2.75) is 56.8 Å². The normalized spacial score (nSPS) is 10.6. The van der Waals surface area contributed by atoms with Gasteiger partial charge in [-0.15, -0.1) is 11.8 Å². The summed E-state index contributed by atoms with van der Waals surface area (Å²) < 4.78 is 4.80. The van der Waals surface area contributed by atoms with Crippen LogP contribution in [0.5, 0.6) is 0 Å². The Morgan fingerprint density at radius 2 is 1.85 bits per heavy atom. The Labute approximate surface area is 127 Å². The van der Waals surface area contributed by atoms with Gasteiger partial charge in [-0.3, -0.25) is 0 Å². The van der Waals surface area contributed by atoms with Crippen molar-refractivity contribution in [2.24, 2.45) is 0 Å². The number of ether oxygens (including phenoxy) is 1. The van der Waals surface area contributed by atoms with Crippen LogP contribution in [0.1, 0.15) is 61.4 Å². The van der Waals surface area contributed by atoms with Gasteiger partial charge in [0.25, 0.3) is 0 Å². The summed E-state index contributed by atoms with van der Waals surface area (Å²) in [6.45, 7) is 2.24. The molecule has 0 saturated carbocycles. The molecular weight excluding hydrogens is 268 g/mol. The highest BCUT2D eigenvalue weighted by molar-refractivity contribution is 7.98. The van der Waals surface area contributed by atoms with Crippen LogP contribution in [0.25, 0.3) is 0 Å². The Hall–Kier alpha value is -0.960. The lowest BCUT2D eigenvalue weighted by Crippen LogP contribution is -2.03. The van der Waals surface area contributed by atoms with Crippen molar-refractivity contribution < 1.29 is 9.53 Å². The molecule has 1 rings (SSSR count). The summed E-state index contributed by atoms with van der Waals surface area (Å²) in [5.41, 5.74) is 1.99. The molecule has 0 saturated heterocycles. The van der Waals surface area contributed by atoms with Crippen molar-refractivity contribution in [1.82, 2.24) is 0 Å². The molecule has 1 aromatic rings. The largest absolute Gasteiger partial charge is 0.465 e. The third-order valence-electron chi connectivity index (χ3n) is 3.49. The monoisotopic (exact) mass is 294 g/mol. The maximum atomic E-state index is 11.6. The summed E-state index contributed by atoms with van der Waals surface area (Å²) in [7, 11) is 1.43. The molecule has 0 aliphatic rings. The maximum Gasteiger partial charge on any atom is 0.338 e. The Balaban J connectivity index is 2.49. The van der Waals surface area contributed by atoms with Crippen LogP contribution in [0.15, 0.2) is 23.1 Å². The maximum absolute atomic E-state index is 11.6. The summed E-state index contributed by atoms with van der Waals surface area (Å²) in [4.78, 5) is 12.6. The molecule has 0 aliphatic heterocycles. The van der Waals surface area contributed by atoms with Gasteiger partial charge in [-0.2, -0.15) is 0 Å². The molecule has 0 heterocycles. The van der Waals surface area contributed by atoms with Crippen LogP contribution in [0.3, 0.4) is 0 Å². The van der Waals surface area contributed by atoms with E-state index in [0.717, 1.165) is 11.3 Å². The van der Waals surface area contributed by atoms with E-state index < -0.39 is 0 Å². The zero-order valence-corrected chi connectivity index (χ0v) is 13.7. The number of benzene rings is 1. The van der Waals surface area contributed by atoms with Gasteiger partial charge in [-0.25, -0.2) is 4.79 Å². The second kappa shape index (κ2) is 9.87. The van der Waals surface area contributed by atoms with Crippen LogP contribution in [-0.2, 0) is 11.2 Å². The Morgan fingerprint density at radius 1 is 1.15 bits per heavy atom. The van der Waals surface area contributed by atoms with E-state index in [1.165, 1.54) is 51.2 Å². The van der Waals surface area contributed by atoms with Gasteiger partial charge in [0.05, 0.1) is 12.7 Å². The standard InChI is InChI=1S/C17H26O2S/c1-4-5-6-7-8-9-10-14-11-12-15(17(18)19-2)16(13-14)20-3/h11-13H,4-10H2,1-3H3. The van der Waals surface area contributed by atoms with E-state index in [-0.39, 0.29) is 5.97 Å². The third kappa shape index (κ3) is 5.58. The zero-order chi connectivity index (χ0) is 14.8. The second-order valence-corrected chi connectivity index (χ2v) is 5.89. The van der Waals surface area contributed by atoms with E-state index in [4.69, 9.17) is 4.74 Å². The van der Waals surface area contributed by atoms with E-state index in [1.807, 2.05) is 12.3 Å². The first-order valence-electron chi connectivity index (χ1n) is 7.48. The van der Waals surface area contributed by atoms with Crippen LogP contribution in [0.2, 0.25) is 0 Å². The molecule has 0 aromatic heterocycles. The molecule has 112 valence electrons. The molecule has 0 unspecified atom stereocenters. The number of unbranched alkanes of at least 4 members (excludes halogenated alkanes) is 5. The second-order valence-electron chi connectivity index (χ2n) is 5.04. The van der Waals surface area contributed by atoms with Crippen molar-refractivity contribution in [1.29, 1.82) is 0 Å². The van der Waals surface area contributed by atoms with Gasteiger partial charge in [0, 0.05) is 4.90 Å². The minimum Gasteiger partial charge on any atom is -0.465 e. The summed E-state index contributed by atoms with van der Waals surface area (Å²) in [6, 6.07) is 6.07. The van der Waals surface area contributed by atoms with E-state index >= 15 is 0 Å². The molecule has 1 aromatic carbocycles. The highest BCUT2D eigenvalue weighted by Crippen LogP contribution is 2.23. The first-order valence-corrected chi connectivity index (χ1v) is 8.70. The lowest BCUT2D eigenvalue weighted by atomic mass is 10.0. The van der Waals surface area contributed by atoms with Crippen molar-refractivity contribution in [2.75, 3.05) is 13.4 Å². The Bertz CT molecular complexity index is 415. The lowest BCUT2D eigenvalue weighted by Gasteiger charge is -2.08. The predicted molar refractivity (Wildman–Crippen MR) is 86.6 cm³/mol. The van der Waals surface area contributed by atoms with E-state index in [1.54, 1.807) is 11.8 Å². The number of thioether (sulfide) groups is 1. The smallest absolute Gasteiger partial charge is 0.338 e. The van der Waals surface area contributed by atoms with E-state index in [0.29, 0.717) is 5.56 Å². The molecule has 0 atom stereocenters. The van der Waals surface area contributed by atoms with E-state index in [2.05, 4.69) is 19.1 Å². The first kappa shape index (κ1) is 17.1. The molecule has 0 spiro atoms. The fourth-order valence-electron chi connectivity index (χ4n) is 2.28. The first-order chi connectivity index (χ1) is 9.72. The number of esters is 1. The Kier molecular flexibility index (Phi) is 8.43. The minimum atomic E-state index is -0.250. The molecule has 0 bridgehead atoms. The number of hydrogen-bond acceptors (Lipinski definition) is 3. The average Bonchev–Trinajstić information content (AvgIpc) is 2.49. The number of carbonyl (C=O) groups is 1. The predicted octanol–water partition coefficient (Wildman–Crippen LogP) is 5.10. The highest BCUT2D eigenvalue weighted by Gasteiger charge is 2.11. The number of methoxy groups -OCH3 is 1. The molecule has 2 nitrogen and oxygen atoms in total. The molecule has 0 radical (unpaired) electrons. The van der Waals surface area contributed by atoms with Gasteiger partial charge in [-0.1, -0.05) is 45.1 Å². The molecular formula is C17H26O2S. The van der Waals surface area contributed by atoms with Gasteiger partial charge < -0.3 is 4.74 Å². The topological polar surface area (TPSA) is 26.3 Å². The SMILES string of the molecule is CCCCCCCCc1ccc(C(=O)OC)c(SC)c1. The van der Waals surface area contributed by atoms with Crippen LogP contribution in [-0.4, -0.2) is 19.3 Å². The lowest BCUT2D eigenvalue weighted by molar-refractivity contribution is 0.0597. The molecule has 0 fully saturated rings. The van der Waals surface area contributed by atoms with Crippen LogP contribution in [0.4, 0.5) is 0 Å². The average molecular weight is 294 g/mol. The van der Waals surface area contributed by atoms with Gasteiger partial charge in [0.1, 0.15) is 0 Å². The van der Waals surface area contributed by atoms with Crippen molar-refractivity contribution in [3.63, 3.8) is 0 Å². The van der Waals surface area contributed by atoms with Crippen LogP contribution >= 0.6 is 11.8 Å². The fourth-order valence-corrected chi connectivity index (χ4v) is 2.92. The van der Waals surface area contributed by atoms with Gasteiger partial charge >= 0.3 is 5.97 Å². The molecule has 20 heavy (non-hydrogen) atoms. The van der Waals surface area contributed by atoms with Crippen molar-refractivity contribution in [3.8, 4) is 0 Å². The summed E-state index contributed by atoms with van der Waals surface area (Å²) in [5.74, 6) is -0.250. The van der Waals surface area contributed by atoms with Crippen molar-refractivity contribution in [3.05, 3.63) is 29.3 Å². The number of aryl methyl sites for hydroxylation is 1. The molecule has 3 heteroatoms. The van der Waals surface area contributed by atoms with E-state index in [9.17, 15) is 4.79 Å². The van der Waals surface area contributed by atoms with Crippen molar-refractivity contribution >= 4 is 17.7 Å². The van der Waals surface area contributed by atoms with Gasteiger partial charge in [0.2, 0.25) is 0 Å². The zero-order valence-electron chi connectivity index (χ0n) is 12.9.